The predicted octanol–water partition coefficient (Wildman–Crippen LogP) is 3.07. The van der Waals surface area contributed by atoms with Gasteiger partial charge in [-0.1, -0.05) is 54.6 Å². The number of anilines is 1. The van der Waals surface area contributed by atoms with E-state index in [1.807, 2.05) is 42.5 Å². The van der Waals surface area contributed by atoms with Crippen molar-refractivity contribution in [2.45, 2.75) is 0 Å². The standard InChI is InChI=1S/C19H14FN3O2/c20-16-10-3-4-11-17(16)22-18(24)19(25)23-21-12-14-8-5-7-13-6-1-2-9-15(13)14/h1-12H,(H,22,24)(H,23,25)/b21-12-. The number of rotatable bonds is 3. The van der Waals surface area contributed by atoms with Crippen LogP contribution in [0.1, 0.15) is 5.56 Å². The molecular weight excluding hydrogens is 321 g/mol. The van der Waals surface area contributed by atoms with E-state index in [0.717, 1.165) is 16.3 Å². The third kappa shape index (κ3) is 3.87. The van der Waals surface area contributed by atoms with E-state index in [2.05, 4.69) is 15.8 Å². The van der Waals surface area contributed by atoms with Crippen molar-refractivity contribution in [3.63, 3.8) is 0 Å². The van der Waals surface area contributed by atoms with Gasteiger partial charge in [0, 0.05) is 5.56 Å². The van der Waals surface area contributed by atoms with Gasteiger partial charge in [0.2, 0.25) is 0 Å². The van der Waals surface area contributed by atoms with Crippen LogP contribution in [-0.2, 0) is 9.59 Å². The van der Waals surface area contributed by atoms with Crippen molar-refractivity contribution in [2.24, 2.45) is 5.10 Å². The first-order valence-corrected chi connectivity index (χ1v) is 7.52. The molecule has 124 valence electrons. The van der Waals surface area contributed by atoms with Gasteiger partial charge >= 0.3 is 11.8 Å². The average molecular weight is 335 g/mol. The molecule has 2 amide bonds. The van der Waals surface area contributed by atoms with Crippen molar-refractivity contribution < 1.29 is 14.0 Å². The lowest BCUT2D eigenvalue weighted by Crippen LogP contribution is -2.32. The Bertz CT molecular complexity index is 964. The molecule has 0 aliphatic heterocycles. The Morgan fingerprint density at radius 1 is 0.880 bits per heavy atom. The predicted molar refractivity (Wildman–Crippen MR) is 94.7 cm³/mol. The maximum absolute atomic E-state index is 13.5. The van der Waals surface area contributed by atoms with Crippen LogP contribution in [0.5, 0.6) is 0 Å². The molecule has 6 heteroatoms. The minimum atomic E-state index is -1.000. The van der Waals surface area contributed by atoms with Gasteiger partial charge in [0.1, 0.15) is 5.82 Å². The molecule has 0 fully saturated rings. The summed E-state index contributed by atoms with van der Waals surface area (Å²) in [4.78, 5) is 23.5. The number of nitrogens with zero attached hydrogens (tertiary/aromatic N) is 1. The summed E-state index contributed by atoms with van der Waals surface area (Å²) in [7, 11) is 0. The Kier molecular flexibility index (Phi) is 4.80. The van der Waals surface area contributed by atoms with E-state index in [9.17, 15) is 14.0 Å². The molecule has 0 heterocycles. The molecule has 0 aliphatic carbocycles. The molecule has 0 aromatic heterocycles. The number of hydrazone groups is 1. The molecule has 0 saturated carbocycles. The van der Waals surface area contributed by atoms with E-state index in [4.69, 9.17) is 0 Å². The smallest absolute Gasteiger partial charge is 0.315 e. The highest BCUT2D eigenvalue weighted by Crippen LogP contribution is 2.16. The van der Waals surface area contributed by atoms with Crippen LogP contribution in [0, 0.1) is 5.82 Å². The van der Waals surface area contributed by atoms with Crippen LogP contribution in [-0.4, -0.2) is 18.0 Å². The van der Waals surface area contributed by atoms with Gasteiger partial charge in [0.05, 0.1) is 11.9 Å². The van der Waals surface area contributed by atoms with Crippen LogP contribution in [0.3, 0.4) is 0 Å². The second kappa shape index (κ2) is 7.35. The lowest BCUT2D eigenvalue weighted by molar-refractivity contribution is -0.136. The lowest BCUT2D eigenvalue weighted by Gasteiger charge is -2.05. The molecule has 25 heavy (non-hydrogen) atoms. The number of hydrogen-bond donors (Lipinski definition) is 2. The summed E-state index contributed by atoms with van der Waals surface area (Å²) in [5.74, 6) is -2.61. The van der Waals surface area contributed by atoms with Gasteiger partial charge in [-0.05, 0) is 22.9 Å². The summed E-state index contributed by atoms with van der Waals surface area (Å²) in [5, 5.41) is 7.99. The van der Waals surface area contributed by atoms with Gasteiger partial charge < -0.3 is 5.32 Å². The number of carbonyl (C=O) groups excluding carboxylic acids is 2. The Morgan fingerprint density at radius 2 is 1.60 bits per heavy atom. The molecule has 0 radical (unpaired) electrons. The van der Waals surface area contributed by atoms with Gasteiger partial charge in [-0.2, -0.15) is 5.10 Å². The molecule has 0 aliphatic rings. The van der Waals surface area contributed by atoms with E-state index in [-0.39, 0.29) is 5.69 Å². The largest absolute Gasteiger partial charge is 0.329 e. The third-order valence-electron chi connectivity index (χ3n) is 3.52. The third-order valence-corrected chi connectivity index (χ3v) is 3.52. The fourth-order valence-corrected chi connectivity index (χ4v) is 2.32. The van der Waals surface area contributed by atoms with Crippen molar-refractivity contribution in [1.29, 1.82) is 0 Å². The topological polar surface area (TPSA) is 70.6 Å². The van der Waals surface area contributed by atoms with Gasteiger partial charge in [-0.25, -0.2) is 9.82 Å². The van der Waals surface area contributed by atoms with Crippen LogP contribution in [0.4, 0.5) is 10.1 Å². The number of fused-ring (bicyclic) bond motifs is 1. The van der Waals surface area contributed by atoms with E-state index >= 15 is 0 Å². The summed E-state index contributed by atoms with van der Waals surface area (Å²) >= 11 is 0. The van der Waals surface area contributed by atoms with Crippen LogP contribution in [0.2, 0.25) is 0 Å². The minimum Gasteiger partial charge on any atom is -0.315 e. The summed E-state index contributed by atoms with van der Waals surface area (Å²) in [6.45, 7) is 0. The molecular formula is C19H14FN3O2. The number of amides is 2. The summed E-state index contributed by atoms with van der Waals surface area (Å²) in [5.41, 5.74) is 2.86. The van der Waals surface area contributed by atoms with E-state index in [1.54, 1.807) is 6.07 Å². The fraction of sp³-hybridized carbons (Fsp3) is 0. The quantitative estimate of drug-likeness (QED) is 0.439. The van der Waals surface area contributed by atoms with Crippen LogP contribution in [0.25, 0.3) is 10.8 Å². The van der Waals surface area contributed by atoms with Crippen LogP contribution >= 0.6 is 0 Å². The average Bonchev–Trinajstić information content (AvgIpc) is 2.63. The van der Waals surface area contributed by atoms with Crippen molar-refractivity contribution in [3.05, 3.63) is 78.1 Å². The molecule has 0 atom stereocenters. The van der Waals surface area contributed by atoms with Crippen molar-refractivity contribution in [2.75, 3.05) is 5.32 Å². The highest BCUT2D eigenvalue weighted by atomic mass is 19.1. The van der Waals surface area contributed by atoms with Gasteiger partial charge in [-0.3, -0.25) is 9.59 Å². The zero-order valence-corrected chi connectivity index (χ0v) is 13.1. The zero-order chi connectivity index (χ0) is 17.6. The number of benzene rings is 3. The number of hydrogen-bond acceptors (Lipinski definition) is 3. The van der Waals surface area contributed by atoms with Gasteiger partial charge in [0.15, 0.2) is 0 Å². The second-order valence-corrected chi connectivity index (χ2v) is 5.20. The fourth-order valence-electron chi connectivity index (χ4n) is 2.32. The molecule has 0 spiro atoms. The highest BCUT2D eigenvalue weighted by Gasteiger charge is 2.14. The molecule has 0 unspecified atom stereocenters. The van der Waals surface area contributed by atoms with Gasteiger partial charge in [-0.15, -0.1) is 0 Å². The van der Waals surface area contributed by atoms with Crippen LogP contribution in [0.15, 0.2) is 71.8 Å². The van der Waals surface area contributed by atoms with E-state index in [0.29, 0.717) is 0 Å². The zero-order valence-electron chi connectivity index (χ0n) is 13.1. The molecule has 0 bridgehead atoms. The Hall–Kier alpha value is -3.54. The first-order chi connectivity index (χ1) is 12.1. The first kappa shape index (κ1) is 16.3. The maximum Gasteiger partial charge on any atom is 0.329 e. The summed E-state index contributed by atoms with van der Waals surface area (Å²) < 4.78 is 13.5. The van der Waals surface area contributed by atoms with Crippen molar-refractivity contribution in [3.8, 4) is 0 Å². The number of para-hydroxylation sites is 1. The Labute approximate surface area is 143 Å². The normalized spacial score (nSPS) is 10.8. The molecule has 3 rings (SSSR count). The lowest BCUT2D eigenvalue weighted by atomic mass is 10.1. The first-order valence-electron chi connectivity index (χ1n) is 7.52. The highest BCUT2D eigenvalue weighted by molar-refractivity contribution is 6.39. The van der Waals surface area contributed by atoms with Crippen molar-refractivity contribution in [1.82, 2.24) is 5.43 Å². The van der Waals surface area contributed by atoms with Crippen molar-refractivity contribution >= 4 is 34.5 Å². The summed E-state index contributed by atoms with van der Waals surface area (Å²) in [6.07, 6.45) is 1.45. The molecule has 0 saturated heterocycles. The second-order valence-electron chi connectivity index (χ2n) is 5.20. The molecule has 2 N–H and O–H groups in total. The number of carbonyl (C=O) groups is 2. The van der Waals surface area contributed by atoms with E-state index in [1.165, 1.54) is 24.4 Å². The SMILES string of the molecule is O=C(N/N=C\c1cccc2ccccc12)C(=O)Nc1ccccc1F. The number of nitrogens with one attached hydrogen (secondary N) is 2. The monoisotopic (exact) mass is 335 g/mol. The molecule has 3 aromatic carbocycles. The number of halogens is 1. The Morgan fingerprint density at radius 3 is 2.44 bits per heavy atom. The van der Waals surface area contributed by atoms with Gasteiger partial charge in [0.25, 0.3) is 0 Å². The molecule has 3 aromatic rings. The van der Waals surface area contributed by atoms with Crippen LogP contribution < -0.4 is 10.7 Å². The Balaban J connectivity index is 1.66. The summed E-state index contributed by atoms with van der Waals surface area (Å²) in [6, 6.07) is 19.0. The van der Waals surface area contributed by atoms with E-state index < -0.39 is 17.6 Å². The maximum atomic E-state index is 13.5. The molecule has 5 nitrogen and oxygen atoms in total. The minimum absolute atomic E-state index is 0.0688.